The van der Waals surface area contributed by atoms with E-state index in [4.69, 9.17) is 0 Å². The predicted molar refractivity (Wildman–Crippen MR) is 278 cm³/mol. The smallest absolute Gasteiger partial charge is 0.0540 e. The lowest BCUT2D eigenvalue weighted by Gasteiger charge is -2.31. The zero-order valence-electron chi connectivity index (χ0n) is 36.5. The van der Waals surface area contributed by atoms with Gasteiger partial charge in [-0.05, 0) is 110 Å². The Kier molecular flexibility index (Phi) is 9.58. The van der Waals surface area contributed by atoms with Crippen LogP contribution in [0, 0.1) is 0 Å². The van der Waals surface area contributed by atoms with Crippen molar-refractivity contribution in [1.29, 1.82) is 0 Å². The Morgan fingerprint density at radius 1 is 0.415 bits per heavy atom. The summed E-state index contributed by atoms with van der Waals surface area (Å²) in [7, 11) is 0. The summed E-state index contributed by atoms with van der Waals surface area (Å²) in [5, 5.41) is 2.64. The normalized spacial score (nSPS) is 15.8. The van der Waals surface area contributed by atoms with Gasteiger partial charge in [-0.2, -0.15) is 0 Å². The molecule has 9 aromatic carbocycles. The SMILES string of the molecule is CC1(C)c2ccccc2-c2ccc(-c3ccc(N(c4ccc(-c5cccc6sc7ccccc7c56)cc4)c4ccccc4-c4ccccc4C4C=CC=CC4c4ccccc4)cc3)cc21. The van der Waals surface area contributed by atoms with Gasteiger partial charge in [-0.25, -0.2) is 0 Å². The summed E-state index contributed by atoms with van der Waals surface area (Å²) in [6.45, 7) is 4.71. The molecule has 0 spiro atoms. The molecular formula is C63H47NS. The van der Waals surface area contributed by atoms with Crippen LogP contribution in [0.15, 0.2) is 237 Å². The van der Waals surface area contributed by atoms with E-state index in [0.29, 0.717) is 0 Å². The lowest BCUT2D eigenvalue weighted by atomic mass is 9.76. The van der Waals surface area contributed by atoms with Crippen molar-refractivity contribution in [1.82, 2.24) is 0 Å². The second-order valence-electron chi connectivity index (χ2n) is 18.0. The Hall–Kier alpha value is -7.52. The highest BCUT2D eigenvalue weighted by atomic mass is 32.1. The van der Waals surface area contributed by atoms with Crippen LogP contribution >= 0.6 is 11.3 Å². The second-order valence-corrected chi connectivity index (χ2v) is 19.1. The van der Waals surface area contributed by atoms with Crippen LogP contribution in [-0.2, 0) is 5.41 Å². The number of para-hydroxylation sites is 1. The van der Waals surface area contributed by atoms with Crippen LogP contribution < -0.4 is 4.90 Å². The average molecular weight is 850 g/mol. The molecule has 1 aromatic heterocycles. The first-order valence-corrected chi connectivity index (χ1v) is 23.6. The molecule has 1 nitrogen and oxygen atoms in total. The van der Waals surface area contributed by atoms with Gasteiger partial charge in [0.2, 0.25) is 0 Å². The van der Waals surface area contributed by atoms with Crippen molar-refractivity contribution >= 4 is 48.6 Å². The lowest BCUT2D eigenvalue weighted by Crippen LogP contribution is -2.14. The van der Waals surface area contributed by atoms with Crippen LogP contribution in [0.5, 0.6) is 0 Å². The number of benzene rings is 9. The van der Waals surface area contributed by atoms with Crippen molar-refractivity contribution in [3.05, 3.63) is 259 Å². The van der Waals surface area contributed by atoms with Crippen molar-refractivity contribution < 1.29 is 0 Å². The Bertz CT molecular complexity index is 3460. The lowest BCUT2D eigenvalue weighted by molar-refractivity contribution is 0.660. The molecule has 2 unspecified atom stereocenters. The van der Waals surface area contributed by atoms with Crippen LogP contribution in [0.2, 0.25) is 0 Å². The highest BCUT2D eigenvalue weighted by Gasteiger charge is 2.35. The minimum atomic E-state index is -0.0578. The van der Waals surface area contributed by atoms with Crippen LogP contribution in [0.3, 0.4) is 0 Å². The van der Waals surface area contributed by atoms with Gasteiger partial charge in [-0.3, -0.25) is 0 Å². The monoisotopic (exact) mass is 849 g/mol. The molecule has 2 heteroatoms. The number of hydrogen-bond acceptors (Lipinski definition) is 2. The zero-order valence-corrected chi connectivity index (χ0v) is 37.3. The van der Waals surface area contributed by atoms with Gasteiger partial charge in [0.25, 0.3) is 0 Å². The van der Waals surface area contributed by atoms with Gasteiger partial charge in [-0.15, -0.1) is 11.3 Å². The fourth-order valence-corrected chi connectivity index (χ4v) is 11.9. The van der Waals surface area contributed by atoms with E-state index in [2.05, 4.69) is 255 Å². The molecule has 2 atom stereocenters. The molecule has 2 aliphatic carbocycles. The molecule has 0 aliphatic heterocycles. The van der Waals surface area contributed by atoms with Crippen LogP contribution in [-0.4, -0.2) is 0 Å². The average Bonchev–Trinajstić information content (AvgIpc) is 3.86. The highest BCUT2D eigenvalue weighted by Crippen LogP contribution is 2.51. The minimum absolute atomic E-state index is 0.0578. The van der Waals surface area contributed by atoms with Gasteiger partial charge in [-0.1, -0.05) is 202 Å². The Labute approximate surface area is 385 Å². The van der Waals surface area contributed by atoms with E-state index in [1.807, 2.05) is 11.3 Å². The van der Waals surface area contributed by atoms with Crippen molar-refractivity contribution in [2.24, 2.45) is 0 Å². The van der Waals surface area contributed by atoms with Crippen molar-refractivity contribution in [2.75, 3.05) is 4.90 Å². The van der Waals surface area contributed by atoms with Crippen LogP contribution in [0.1, 0.15) is 47.9 Å². The fraction of sp³-hybridized carbons (Fsp3) is 0.0794. The second kappa shape index (κ2) is 15.9. The number of rotatable bonds is 8. The van der Waals surface area contributed by atoms with E-state index in [1.165, 1.54) is 86.9 Å². The van der Waals surface area contributed by atoms with E-state index in [9.17, 15) is 0 Å². The first-order chi connectivity index (χ1) is 32.0. The maximum atomic E-state index is 2.45. The summed E-state index contributed by atoms with van der Waals surface area (Å²) in [6, 6.07) is 78.8. The molecule has 0 bridgehead atoms. The van der Waals surface area contributed by atoms with Crippen molar-refractivity contribution in [2.45, 2.75) is 31.1 Å². The minimum Gasteiger partial charge on any atom is -0.310 e. The number of nitrogens with zero attached hydrogens (tertiary/aromatic N) is 1. The van der Waals surface area contributed by atoms with Crippen molar-refractivity contribution in [3.8, 4) is 44.5 Å². The molecule has 0 amide bonds. The highest BCUT2D eigenvalue weighted by molar-refractivity contribution is 7.25. The van der Waals surface area contributed by atoms with E-state index in [0.717, 1.165) is 17.1 Å². The summed E-state index contributed by atoms with van der Waals surface area (Å²) >= 11 is 1.87. The number of thiophene rings is 1. The standard InChI is InChI=1S/C63H47NS/c1-63(2)57-27-13-10-23-53(57)54-40-35-45(41-58(54)63)42-31-36-46(37-32-42)64(47-38-33-44(34-39-47)49-26-16-30-61-62(49)56-25-12-15-29-60(56)65-61)59-28-14-11-24-55(59)52-22-9-8-21-51(52)50-20-7-6-19-48(50)43-17-4-3-5-18-43/h3-41,48,50H,1-2H3. The third-order valence-corrected chi connectivity index (χ3v) is 15.1. The molecule has 0 saturated heterocycles. The van der Waals surface area contributed by atoms with Crippen LogP contribution in [0.4, 0.5) is 17.1 Å². The third-order valence-electron chi connectivity index (χ3n) is 14.0. The molecule has 0 saturated carbocycles. The van der Waals surface area contributed by atoms with Gasteiger partial charge >= 0.3 is 0 Å². The van der Waals surface area contributed by atoms with E-state index < -0.39 is 0 Å². The molecule has 2 aliphatic rings. The molecule has 0 radical (unpaired) electrons. The maximum absolute atomic E-state index is 2.45. The Morgan fingerprint density at radius 2 is 1.00 bits per heavy atom. The number of hydrogen-bond donors (Lipinski definition) is 0. The van der Waals surface area contributed by atoms with Gasteiger partial charge in [0.15, 0.2) is 0 Å². The molecule has 0 fully saturated rings. The molecule has 12 rings (SSSR count). The van der Waals surface area contributed by atoms with E-state index >= 15 is 0 Å². The fourth-order valence-electron chi connectivity index (χ4n) is 10.7. The van der Waals surface area contributed by atoms with E-state index in [-0.39, 0.29) is 17.3 Å². The summed E-state index contributed by atoms with van der Waals surface area (Å²) in [5.41, 5.74) is 18.8. The number of anilines is 3. The molecule has 310 valence electrons. The Balaban J connectivity index is 0.982. The molecule has 10 aromatic rings. The topological polar surface area (TPSA) is 3.24 Å². The number of fused-ring (bicyclic) bond motifs is 6. The predicted octanol–water partition coefficient (Wildman–Crippen LogP) is 17.8. The summed E-state index contributed by atoms with van der Waals surface area (Å²) in [6.07, 6.45) is 9.15. The zero-order chi connectivity index (χ0) is 43.5. The van der Waals surface area contributed by atoms with Gasteiger partial charge < -0.3 is 4.90 Å². The first-order valence-electron chi connectivity index (χ1n) is 22.8. The van der Waals surface area contributed by atoms with Crippen LogP contribution in [0.25, 0.3) is 64.7 Å². The molecule has 0 N–H and O–H groups in total. The van der Waals surface area contributed by atoms with E-state index in [1.54, 1.807) is 0 Å². The van der Waals surface area contributed by atoms with Gasteiger partial charge in [0.1, 0.15) is 0 Å². The summed E-state index contributed by atoms with van der Waals surface area (Å²) in [4.78, 5) is 2.45. The maximum Gasteiger partial charge on any atom is 0.0540 e. The quantitative estimate of drug-likeness (QED) is 0.147. The third kappa shape index (κ3) is 6.67. The first kappa shape index (κ1) is 39.1. The summed E-state index contributed by atoms with van der Waals surface area (Å²) in [5.74, 6) is 0.411. The summed E-state index contributed by atoms with van der Waals surface area (Å²) < 4.78 is 2.64. The number of allylic oxidation sites excluding steroid dienone is 4. The van der Waals surface area contributed by atoms with Gasteiger partial charge in [0.05, 0.1) is 5.69 Å². The largest absolute Gasteiger partial charge is 0.310 e. The Morgan fingerprint density at radius 3 is 1.80 bits per heavy atom. The molecule has 65 heavy (non-hydrogen) atoms. The molecular weight excluding hydrogens is 803 g/mol. The van der Waals surface area contributed by atoms with Crippen molar-refractivity contribution in [3.63, 3.8) is 0 Å². The van der Waals surface area contributed by atoms with Gasteiger partial charge in [0, 0.05) is 54.4 Å². The molecule has 1 heterocycles.